The van der Waals surface area contributed by atoms with Crippen molar-refractivity contribution in [3.63, 3.8) is 0 Å². The molecule has 0 saturated heterocycles. The fraction of sp³-hybridized carbons (Fsp3) is 0.636. The van der Waals surface area contributed by atoms with Crippen LogP contribution in [0, 0.1) is 0 Å². The van der Waals surface area contributed by atoms with E-state index < -0.39 is 30.9 Å². The van der Waals surface area contributed by atoms with Crippen LogP contribution in [0.3, 0.4) is 0 Å². The first-order valence-corrected chi connectivity index (χ1v) is 13.7. The number of hydrogen-bond donors (Lipinski definition) is 2. The fourth-order valence-electron chi connectivity index (χ4n) is 1.60. The summed E-state index contributed by atoms with van der Waals surface area (Å²) in [4.78, 5) is 46.1. The van der Waals surface area contributed by atoms with E-state index in [0.717, 1.165) is 0 Å². The van der Waals surface area contributed by atoms with Crippen molar-refractivity contribution in [1.82, 2.24) is 10.5 Å². The Hall–Kier alpha value is 0.130. The van der Waals surface area contributed by atoms with E-state index in [9.17, 15) is 19.2 Å². The first-order chi connectivity index (χ1) is 12.1. The van der Waals surface area contributed by atoms with Gasteiger partial charge in [0.25, 0.3) is 7.13 Å². The molecule has 9 nitrogen and oxygen atoms in total. The van der Waals surface area contributed by atoms with Gasteiger partial charge in [-0.15, -0.1) is 31.5 Å². The molecule has 15 heteroatoms. The summed E-state index contributed by atoms with van der Waals surface area (Å²) in [5.41, 5.74) is 0. The van der Waals surface area contributed by atoms with Crippen molar-refractivity contribution in [3.05, 3.63) is 0 Å². The van der Waals surface area contributed by atoms with Crippen LogP contribution in [0.4, 0.5) is 4.79 Å². The summed E-state index contributed by atoms with van der Waals surface area (Å²) in [6, 6.07) is 0. The Morgan fingerprint density at radius 3 is 2.31 bits per heavy atom. The molecule has 0 spiro atoms. The Morgan fingerprint density at radius 1 is 1.15 bits per heavy atom. The molecule has 0 aliphatic heterocycles. The minimum atomic E-state index is -1.08. The van der Waals surface area contributed by atoms with Gasteiger partial charge in [-0.2, -0.15) is 0 Å². The van der Waals surface area contributed by atoms with Crippen molar-refractivity contribution in [2.75, 3.05) is 6.61 Å². The van der Waals surface area contributed by atoms with Crippen LogP contribution < -0.4 is 10.5 Å². The van der Waals surface area contributed by atoms with E-state index in [1.54, 1.807) is 6.92 Å². The highest BCUT2D eigenvalue weighted by atomic mass is 127. The molecule has 0 bridgehead atoms. The first kappa shape index (κ1) is 26.1. The molecular weight excluding hydrogens is 610 g/mol. The van der Waals surface area contributed by atoms with Gasteiger partial charge in [0.15, 0.2) is 6.61 Å². The zero-order valence-corrected chi connectivity index (χ0v) is 20.7. The fourth-order valence-corrected chi connectivity index (χ4v) is 2.97. The number of nitrogens with one attached hydrogen (secondary N) is 2. The predicted octanol–water partition coefficient (Wildman–Crippen LogP) is 1.06. The summed E-state index contributed by atoms with van der Waals surface area (Å²) >= 11 is 4.15. The molecule has 4 unspecified atom stereocenters. The lowest BCUT2D eigenvalue weighted by Crippen LogP contribution is -2.33. The molecule has 0 fully saturated rings. The lowest BCUT2D eigenvalue weighted by atomic mass is 10.2. The minimum Gasteiger partial charge on any atom is -0.460 e. The molecule has 0 aromatic carbocycles. The number of ether oxygens (including phenoxy) is 3. The van der Waals surface area contributed by atoms with Crippen molar-refractivity contribution < 1.29 is 33.4 Å². The largest absolute Gasteiger partial charge is 0.509 e. The van der Waals surface area contributed by atoms with Gasteiger partial charge in [0.1, 0.15) is 12.2 Å². The SMILES string of the molecule is CC(CC(=O)NBPI)OC(=O)COC(=O)OC(C)CC(=O)NB(P)I. The van der Waals surface area contributed by atoms with Crippen LogP contribution in [0.25, 0.3) is 0 Å². The summed E-state index contributed by atoms with van der Waals surface area (Å²) in [6.45, 7) is 2.46. The van der Waals surface area contributed by atoms with Crippen molar-refractivity contribution in [3.8, 4) is 0 Å². The van der Waals surface area contributed by atoms with Crippen LogP contribution in [0.1, 0.15) is 26.7 Å². The standard InChI is InChI=1S/C11H20B2I2N2O7P2/c1-6(3-8(18)16-12-26-15)23-10(20)5-22-11(21)24-7(2)4-9(19)17-13(14)25/h6-7,12,26H,3-5,25H2,1-2H3,(H,16,18)(H,17,19). The van der Waals surface area contributed by atoms with E-state index in [0.29, 0.717) is 13.2 Å². The van der Waals surface area contributed by atoms with Gasteiger partial charge in [-0.25, -0.2) is 9.59 Å². The Labute approximate surface area is 183 Å². The second-order valence-electron chi connectivity index (χ2n) is 5.06. The van der Waals surface area contributed by atoms with Gasteiger partial charge in [0, 0.05) is 0 Å². The summed E-state index contributed by atoms with van der Waals surface area (Å²) in [5.74, 6) is -1.30. The van der Waals surface area contributed by atoms with E-state index in [2.05, 4.69) is 46.4 Å². The van der Waals surface area contributed by atoms with E-state index in [-0.39, 0.29) is 29.1 Å². The Bertz CT molecular complexity index is 505. The number of carbonyl (C=O) groups is 4. The molecule has 0 heterocycles. The van der Waals surface area contributed by atoms with Crippen molar-refractivity contribution in [1.29, 1.82) is 0 Å². The number of rotatable bonds is 11. The Kier molecular flexibility index (Phi) is 15.2. The molecule has 2 amide bonds. The average Bonchev–Trinajstić information content (AvgIpc) is 2.49. The second kappa shape index (κ2) is 15.1. The van der Waals surface area contributed by atoms with Crippen LogP contribution in [0.15, 0.2) is 0 Å². The molecular formula is C11H20B2I2N2O7P2. The smallest absolute Gasteiger partial charge is 0.460 e. The summed E-state index contributed by atoms with van der Waals surface area (Å²) in [7, 11) is 2.97. The quantitative estimate of drug-likeness (QED) is 0.152. The third-order valence-electron chi connectivity index (χ3n) is 2.53. The average molecular weight is 630 g/mol. The molecule has 0 aromatic heterocycles. The second-order valence-corrected chi connectivity index (χ2v) is 11.3. The molecule has 0 saturated carbocycles. The van der Waals surface area contributed by atoms with E-state index in [1.807, 2.05) is 22.4 Å². The van der Waals surface area contributed by atoms with Crippen LogP contribution in [0.2, 0.25) is 0 Å². The zero-order valence-electron chi connectivity index (χ0n) is 14.3. The van der Waals surface area contributed by atoms with E-state index >= 15 is 0 Å². The van der Waals surface area contributed by atoms with Crippen molar-refractivity contribution in [2.45, 2.75) is 38.9 Å². The topological polar surface area (TPSA) is 120 Å². The third-order valence-corrected chi connectivity index (χ3v) is 4.47. The number of amides is 2. The van der Waals surface area contributed by atoms with Crippen molar-refractivity contribution in [2.24, 2.45) is 0 Å². The molecule has 0 aliphatic carbocycles. The summed E-state index contributed by atoms with van der Waals surface area (Å²) in [5, 5.41) is 5.29. The third kappa shape index (κ3) is 15.2. The van der Waals surface area contributed by atoms with Gasteiger partial charge < -0.3 is 24.7 Å². The lowest BCUT2D eigenvalue weighted by molar-refractivity contribution is -0.153. The van der Waals surface area contributed by atoms with E-state index in [4.69, 9.17) is 9.47 Å². The monoisotopic (exact) mass is 630 g/mol. The Morgan fingerprint density at radius 2 is 1.73 bits per heavy atom. The van der Waals surface area contributed by atoms with Crippen LogP contribution in [-0.4, -0.2) is 54.3 Å². The molecule has 0 radical (unpaired) electrons. The van der Waals surface area contributed by atoms with Crippen LogP contribution in [0.5, 0.6) is 0 Å². The zero-order chi connectivity index (χ0) is 20.1. The minimum absolute atomic E-state index is 0.0248. The van der Waals surface area contributed by atoms with Crippen molar-refractivity contribution >= 4 is 95.1 Å². The van der Waals surface area contributed by atoms with Gasteiger partial charge in [0.05, 0.1) is 12.8 Å². The van der Waals surface area contributed by atoms with Crippen LogP contribution in [-0.2, 0) is 28.6 Å². The predicted molar refractivity (Wildman–Crippen MR) is 122 cm³/mol. The van der Waals surface area contributed by atoms with Gasteiger partial charge in [-0.1, -0.05) is 28.1 Å². The molecule has 2 N–H and O–H groups in total. The molecule has 146 valence electrons. The number of halogens is 2. The maximum atomic E-state index is 11.6. The summed E-state index contributed by atoms with van der Waals surface area (Å²) in [6.07, 6.45) is -1.87. The highest BCUT2D eigenvalue weighted by Crippen LogP contribution is 2.15. The molecule has 0 rings (SSSR count). The number of hydrogen-bond acceptors (Lipinski definition) is 7. The highest BCUT2D eigenvalue weighted by molar-refractivity contribution is 14.2. The number of carbonyl (C=O) groups excluding carboxylic acids is 4. The van der Waals surface area contributed by atoms with Gasteiger partial charge >= 0.3 is 16.5 Å². The maximum absolute atomic E-state index is 11.6. The molecule has 26 heavy (non-hydrogen) atoms. The first-order valence-electron chi connectivity index (χ1n) is 7.46. The molecule has 4 atom stereocenters. The Balaban J connectivity index is 4.01. The summed E-state index contributed by atoms with van der Waals surface area (Å²) < 4.78 is 14.3. The highest BCUT2D eigenvalue weighted by Gasteiger charge is 2.19. The maximum Gasteiger partial charge on any atom is 0.509 e. The van der Waals surface area contributed by atoms with Gasteiger partial charge in [-0.3, -0.25) is 9.59 Å². The van der Waals surface area contributed by atoms with Crippen LogP contribution >= 0.6 is 59.6 Å². The van der Waals surface area contributed by atoms with Gasteiger partial charge in [-0.05, 0) is 13.8 Å². The molecule has 0 aromatic rings. The lowest BCUT2D eigenvalue weighted by Gasteiger charge is -2.15. The molecule has 0 aliphatic rings. The normalized spacial score (nSPS) is 12.7. The van der Waals surface area contributed by atoms with E-state index in [1.165, 1.54) is 6.92 Å². The van der Waals surface area contributed by atoms with Gasteiger partial charge in [0.2, 0.25) is 11.8 Å². The number of esters is 1.